The van der Waals surface area contributed by atoms with E-state index in [2.05, 4.69) is 20.7 Å². The van der Waals surface area contributed by atoms with Crippen LogP contribution >= 0.6 is 15.9 Å². The molecule has 0 radical (unpaired) electrons. The maximum atomic E-state index is 12.3. The van der Waals surface area contributed by atoms with Gasteiger partial charge in [-0.05, 0) is 30.2 Å². The third kappa shape index (κ3) is 3.39. The molecule has 2 rings (SSSR count). The molecule has 0 bridgehead atoms. The number of anilines is 1. The van der Waals surface area contributed by atoms with Crippen LogP contribution in [0, 0.1) is 6.92 Å². The third-order valence-corrected chi connectivity index (χ3v) is 4.95. The Hall–Kier alpha value is -1.37. The van der Waals surface area contributed by atoms with Gasteiger partial charge in [-0.15, -0.1) is 0 Å². The lowest BCUT2D eigenvalue weighted by molar-refractivity contribution is 0.580. The minimum atomic E-state index is -3.59. The Balaban J connectivity index is 2.27. The highest BCUT2D eigenvalue weighted by Gasteiger charge is 2.18. The molecular formula is C14H15BrN2O2S. The first-order chi connectivity index (χ1) is 9.40. The van der Waals surface area contributed by atoms with Crippen LogP contribution in [-0.2, 0) is 16.6 Å². The number of nitrogen functional groups attached to an aromatic ring is 1. The highest BCUT2D eigenvalue weighted by atomic mass is 79.9. The van der Waals surface area contributed by atoms with Gasteiger partial charge in [0.2, 0.25) is 10.0 Å². The summed E-state index contributed by atoms with van der Waals surface area (Å²) in [5.74, 6) is 0. The second-order valence-electron chi connectivity index (χ2n) is 4.43. The van der Waals surface area contributed by atoms with Crippen LogP contribution in [0.4, 0.5) is 5.69 Å². The number of benzene rings is 2. The Morgan fingerprint density at radius 2 is 1.85 bits per heavy atom. The molecule has 2 aromatic rings. The third-order valence-electron chi connectivity index (χ3n) is 2.96. The molecule has 20 heavy (non-hydrogen) atoms. The Labute approximate surface area is 127 Å². The van der Waals surface area contributed by atoms with Gasteiger partial charge in [-0.1, -0.05) is 46.3 Å². The monoisotopic (exact) mass is 354 g/mol. The summed E-state index contributed by atoms with van der Waals surface area (Å²) in [6, 6.07) is 12.6. The molecule has 4 nitrogen and oxygen atoms in total. The highest BCUT2D eigenvalue weighted by molar-refractivity contribution is 9.10. The molecule has 0 aromatic heterocycles. The summed E-state index contributed by atoms with van der Waals surface area (Å²) in [5.41, 5.74) is 7.70. The van der Waals surface area contributed by atoms with Crippen LogP contribution in [-0.4, -0.2) is 8.42 Å². The van der Waals surface area contributed by atoms with Crippen LogP contribution in [0.15, 0.2) is 51.8 Å². The SMILES string of the molecule is Cc1c(N)cc(Br)cc1S(=O)(=O)NCc1ccccc1. The van der Waals surface area contributed by atoms with E-state index in [1.54, 1.807) is 19.1 Å². The second kappa shape index (κ2) is 5.95. The molecular weight excluding hydrogens is 340 g/mol. The van der Waals surface area contributed by atoms with Crippen LogP contribution < -0.4 is 10.5 Å². The lowest BCUT2D eigenvalue weighted by Crippen LogP contribution is -2.24. The predicted octanol–water partition coefficient (Wildman–Crippen LogP) is 2.82. The van der Waals surface area contributed by atoms with Gasteiger partial charge in [0, 0.05) is 16.7 Å². The van der Waals surface area contributed by atoms with Gasteiger partial charge in [0.25, 0.3) is 0 Å². The van der Waals surface area contributed by atoms with Crippen molar-refractivity contribution in [1.29, 1.82) is 0 Å². The van der Waals surface area contributed by atoms with Crippen molar-refractivity contribution in [3.8, 4) is 0 Å². The van der Waals surface area contributed by atoms with Crippen molar-refractivity contribution in [2.75, 3.05) is 5.73 Å². The molecule has 0 heterocycles. The first-order valence-corrected chi connectivity index (χ1v) is 8.27. The predicted molar refractivity (Wildman–Crippen MR) is 83.8 cm³/mol. The van der Waals surface area contributed by atoms with E-state index < -0.39 is 10.0 Å². The normalized spacial score (nSPS) is 11.5. The number of nitrogens with two attached hydrogens (primary N) is 1. The first kappa shape index (κ1) is 15.0. The minimum Gasteiger partial charge on any atom is -0.398 e. The molecule has 0 aliphatic rings. The van der Waals surface area contributed by atoms with E-state index in [1.807, 2.05) is 30.3 Å². The highest BCUT2D eigenvalue weighted by Crippen LogP contribution is 2.26. The van der Waals surface area contributed by atoms with Crippen molar-refractivity contribution in [2.24, 2.45) is 0 Å². The van der Waals surface area contributed by atoms with E-state index >= 15 is 0 Å². The number of hydrogen-bond acceptors (Lipinski definition) is 3. The molecule has 0 aliphatic heterocycles. The van der Waals surface area contributed by atoms with Gasteiger partial charge in [-0.25, -0.2) is 13.1 Å². The van der Waals surface area contributed by atoms with E-state index in [0.717, 1.165) is 5.56 Å². The average molecular weight is 355 g/mol. The summed E-state index contributed by atoms with van der Waals surface area (Å²) in [6.07, 6.45) is 0. The molecule has 3 N–H and O–H groups in total. The van der Waals surface area contributed by atoms with Gasteiger partial charge in [0.1, 0.15) is 0 Å². The molecule has 0 aliphatic carbocycles. The Kier molecular flexibility index (Phi) is 4.47. The number of rotatable bonds is 4. The van der Waals surface area contributed by atoms with Gasteiger partial charge < -0.3 is 5.73 Å². The first-order valence-electron chi connectivity index (χ1n) is 5.99. The van der Waals surface area contributed by atoms with E-state index in [-0.39, 0.29) is 11.4 Å². The van der Waals surface area contributed by atoms with Gasteiger partial charge in [0.15, 0.2) is 0 Å². The molecule has 0 amide bonds. The minimum absolute atomic E-state index is 0.195. The van der Waals surface area contributed by atoms with E-state index in [9.17, 15) is 8.42 Å². The average Bonchev–Trinajstić information content (AvgIpc) is 2.42. The Bertz CT molecular complexity index is 715. The van der Waals surface area contributed by atoms with Crippen molar-refractivity contribution in [3.05, 3.63) is 58.1 Å². The zero-order valence-corrected chi connectivity index (χ0v) is 13.3. The number of nitrogens with one attached hydrogen (secondary N) is 1. The molecule has 0 fully saturated rings. The lowest BCUT2D eigenvalue weighted by Gasteiger charge is -2.11. The van der Waals surface area contributed by atoms with Gasteiger partial charge in [-0.2, -0.15) is 0 Å². The molecule has 2 aromatic carbocycles. The summed E-state index contributed by atoms with van der Waals surface area (Å²) >= 11 is 3.26. The molecule has 0 spiro atoms. The van der Waals surface area contributed by atoms with Crippen LogP contribution in [0.5, 0.6) is 0 Å². The molecule has 6 heteroatoms. The fourth-order valence-electron chi connectivity index (χ4n) is 1.81. The summed E-state index contributed by atoms with van der Waals surface area (Å²) in [6.45, 7) is 1.94. The number of halogens is 1. The van der Waals surface area contributed by atoms with Gasteiger partial charge in [-0.3, -0.25) is 0 Å². The quantitative estimate of drug-likeness (QED) is 0.829. The topological polar surface area (TPSA) is 72.2 Å². The maximum absolute atomic E-state index is 12.3. The van der Waals surface area contributed by atoms with Gasteiger partial charge >= 0.3 is 0 Å². The molecule has 0 atom stereocenters. The molecule has 0 saturated carbocycles. The summed E-state index contributed by atoms with van der Waals surface area (Å²) in [4.78, 5) is 0.195. The molecule has 0 saturated heterocycles. The van der Waals surface area contributed by atoms with Crippen molar-refractivity contribution >= 4 is 31.6 Å². The van der Waals surface area contributed by atoms with E-state index in [0.29, 0.717) is 15.7 Å². The molecule has 0 unspecified atom stereocenters. The van der Waals surface area contributed by atoms with E-state index in [1.165, 1.54) is 0 Å². The fraction of sp³-hybridized carbons (Fsp3) is 0.143. The summed E-state index contributed by atoms with van der Waals surface area (Å²) in [7, 11) is -3.59. The zero-order chi connectivity index (χ0) is 14.8. The van der Waals surface area contributed by atoms with Crippen LogP contribution in [0.25, 0.3) is 0 Å². The fourth-order valence-corrected chi connectivity index (χ4v) is 3.75. The number of sulfonamides is 1. The van der Waals surface area contributed by atoms with Crippen molar-refractivity contribution in [2.45, 2.75) is 18.4 Å². The Morgan fingerprint density at radius 3 is 2.50 bits per heavy atom. The Morgan fingerprint density at radius 1 is 1.20 bits per heavy atom. The smallest absolute Gasteiger partial charge is 0.241 e. The van der Waals surface area contributed by atoms with Crippen molar-refractivity contribution < 1.29 is 8.42 Å². The molecule has 106 valence electrons. The van der Waals surface area contributed by atoms with Crippen LogP contribution in [0.1, 0.15) is 11.1 Å². The van der Waals surface area contributed by atoms with Crippen LogP contribution in [0.3, 0.4) is 0 Å². The van der Waals surface area contributed by atoms with Crippen LogP contribution in [0.2, 0.25) is 0 Å². The van der Waals surface area contributed by atoms with Crippen molar-refractivity contribution in [3.63, 3.8) is 0 Å². The van der Waals surface area contributed by atoms with Gasteiger partial charge in [0.05, 0.1) is 4.90 Å². The lowest BCUT2D eigenvalue weighted by atomic mass is 10.2. The standard InChI is InChI=1S/C14H15BrN2O2S/c1-10-13(16)7-12(15)8-14(10)20(18,19)17-9-11-5-3-2-4-6-11/h2-8,17H,9,16H2,1H3. The second-order valence-corrected chi connectivity index (χ2v) is 7.08. The zero-order valence-electron chi connectivity index (χ0n) is 10.9. The number of hydrogen-bond donors (Lipinski definition) is 2. The summed E-state index contributed by atoms with van der Waals surface area (Å²) < 4.78 is 27.9. The van der Waals surface area contributed by atoms with E-state index in [4.69, 9.17) is 5.73 Å². The largest absolute Gasteiger partial charge is 0.398 e. The van der Waals surface area contributed by atoms with Crippen molar-refractivity contribution in [1.82, 2.24) is 4.72 Å². The summed E-state index contributed by atoms with van der Waals surface area (Å²) in [5, 5.41) is 0. The maximum Gasteiger partial charge on any atom is 0.241 e.